The zero-order chi connectivity index (χ0) is 12.4. The van der Waals surface area contributed by atoms with E-state index in [2.05, 4.69) is 0 Å². The van der Waals surface area contributed by atoms with E-state index >= 15 is 0 Å². The van der Waals surface area contributed by atoms with Crippen molar-refractivity contribution in [3.63, 3.8) is 0 Å². The number of nitrogens with two attached hydrogens (primary N) is 1. The standard InChI is InChI=1S/C10H13F2NO2S/c1-16(14,15)9-4-2-8(3-5-9)10(11,12)6-7-13/h2-5H,6-7,13H2,1H3. The van der Waals surface area contributed by atoms with Crippen molar-refractivity contribution < 1.29 is 17.2 Å². The van der Waals surface area contributed by atoms with Gasteiger partial charge in [-0.2, -0.15) is 0 Å². The van der Waals surface area contributed by atoms with Crippen LogP contribution >= 0.6 is 0 Å². The van der Waals surface area contributed by atoms with Crippen LogP contribution < -0.4 is 5.73 Å². The highest BCUT2D eigenvalue weighted by molar-refractivity contribution is 7.90. The van der Waals surface area contributed by atoms with Crippen molar-refractivity contribution in [2.24, 2.45) is 5.73 Å². The molecule has 16 heavy (non-hydrogen) atoms. The van der Waals surface area contributed by atoms with Crippen LogP contribution in [0.4, 0.5) is 8.78 Å². The summed E-state index contributed by atoms with van der Waals surface area (Å²) in [5.41, 5.74) is 4.86. The molecule has 0 saturated heterocycles. The molecule has 0 aliphatic heterocycles. The maximum absolute atomic E-state index is 13.4. The third-order valence-electron chi connectivity index (χ3n) is 2.16. The lowest BCUT2D eigenvalue weighted by Gasteiger charge is -2.15. The summed E-state index contributed by atoms with van der Waals surface area (Å²) in [4.78, 5) is 0.0276. The lowest BCUT2D eigenvalue weighted by Crippen LogP contribution is -2.18. The molecule has 0 aliphatic carbocycles. The number of benzene rings is 1. The van der Waals surface area contributed by atoms with Gasteiger partial charge >= 0.3 is 0 Å². The second-order valence-electron chi connectivity index (χ2n) is 3.54. The molecule has 0 amide bonds. The predicted octanol–water partition coefficient (Wildman–Crippen LogP) is 1.53. The summed E-state index contributed by atoms with van der Waals surface area (Å²) < 4.78 is 48.9. The molecule has 0 unspecified atom stereocenters. The summed E-state index contributed by atoms with van der Waals surface area (Å²) in [6.45, 7) is -0.124. The topological polar surface area (TPSA) is 60.2 Å². The number of rotatable bonds is 4. The SMILES string of the molecule is CS(=O)(=O)c1ccc(C(F)(F)CCN)cc1. The van der Waals surface area contributed by atoms with E-state index in [4.69, 9.17) is 5.73 Å². The van der Waals surface area contributed by atoms with E-state index in [1.807, 2.05) is 0 Å². The molecular formula is C10H13F2NO2S. The second-order valence-corrected chi connectivity index (χ2v) is 5.56. The first-order valence-corrected chi connectivity index (χ1v) is 6.55. The van der Waals surface area contributed by atoms with Crippen molar-refractivity contribution in [2.75, 3.05) is 12.8 Å². The number of hydrogen-bond acceptors (Lipinski definition) is 3. The summed E-state index contributed by atoms with van der Waals surface area (Å²) >= 11 is 0. The van der Waals surface area contributed by atoms with Crippen LogP contribution in [0.2, 0.25) is 0 Å². The van der Waals surface area contributed by atoms with Crippen molar-refractivity contribution in [2.45, 2.75) is 17.2 Å². The fourth-order valence-corrected chi connectivity index (χ4v) is 1.90. The average Bonchev–Trinajstić information content (AvgIpc) is 2.16. The van der Waals surface area contributed by atoms with Gasteiger partial charge in [0.05, 0.1) is 4.90 Å². The quantitative estimate of drug-likeness (QED) is 0.880. The highest BCUT2D eigenvalue weighted by Crippen LogP contribution is 2.31. The molecule has 1 aromatic carbocycles. The Labute approximate surface area is 93.2 Å². The van der Waals surface area contributed by atoms with Gasteiger partial charge in [-0.15, -0.1) is 0 Å². The monoisotopic (exact) mass is 249 g/mol. The van der Waals surface area contributed by atoms with Crippen molar-refractivity contribution in [1.82, 2.24) is 0 Å². The van der Waals surface area contributed by atoms with Gasteiger partial charge in [-0.3, -0.25) is 0 Å². The number of hydrogen-bond donors (Lipinski definition) is 1. The Morgan fingerprint density at radius 3 is 2.12 bits per heavy atom. The molecular weight excluding hydrogens is 236 g/mol. The van der Waals surface area contributed by atoms with Crippen LogP contribution in [0.25, 0.3) is 0 Å². The minimum atomic E-state index is -3.35. The molecule has 0 aromatic heterocycles. The molecule has 3 nitrogen and oxygen atoms in total. The average molecular weight is 249 g/mol. The van der Waals surface area contributed by atoms with Gasteiger partial charge in [0.15, 0.2) is 9.84 Å². The van der Waals surface area contributed by atoms with Gasteiger partial charge in [-0.05, 0) is 18.7 Å². The zero-order valence-corrected chi connectivity index (χ0v) is 9.60. The maximum Gasteiger partial charge on any atom is 0.274 e. The predicted molar refractivity (Wildman–Crippen MR) is 57.1 cm³/mol. The molecule has 90 valence electrons. The number of sulfone groups is 1. The molecule has 0 radical (unpaired) electrons. The Morgan fingerprint density at radius 1 is 1.25 bits per heavy atom. The van der Waals surface area contributed by atoms with E-state index in [1.165, 1.54) is 12.1 Å². The van der Waals surface area contributed by atoms with Gasteiger partial charge in [0, 0.05) is 18.2 Å². The first-order valence-electron chi connectivity index (χ1n) is 4.66. The summed E-state index contributed by atoms with van der Waals surface area (Å²) in [6.07, 6.45) is 0.575. The van der Waals surface area contributed by atoms with E-state index in [1.54, 1.807) is 0 Å². The van der Waals surface area contributed by atoms with Gasteiger partial charge in [-0.1, -0.05) is 12.1 Å². The fourth-order valence-electron chi connectivity index (χ4n) is 1.27. The Bertz CT molecular complexity index is 454. The van der Waals surface area contributed by atoms with Gasteiger partial charge in [0.1, 0.15) is 0 Å². The van der Waals surface area contributed by atoms with Crippen molar-refractivity contribution >= 4 is 9.84 Å². The highest BCUT2D eigenvalue weighted by Gasteiger charge is 2.30. The van der Waals surface area contributed by atoms with Crippen LogP contribution in [0.5, 0.6) is 0 Å². The molecule has 0 fully saturated rings. The number of halogens is 2. The van der Waals surface area contributed by atoms with Gasteiger partial charge in [0.2, 0.25) is 0 Å². The van der Waals surface area contributed by atoms with Crippen LogP contribution in [-0.2, 0) is 15.8 Å². The van der Waals surface area contributed by atoms with E-state index in [9.17, 15) is 17.2 Å². The maximum atomic E-state index is 13.4. The highest BCUT2D eigenvalue weighted by atomic mass is 32.2. The molecule has 1 rings (SSSR count). The Balaban J connectivity index is 3.04. The van der Waals surface area contributed by atoms with Crippen LogP contribution in [0.3, 0.4) is 0 Å². The van der Waals surface area contributed by atoms with Crippen LogP contribution in [0.15, 0.2) is 29.2 Å². The molecule has 0 saturated carbocycles. The molecule has 0 aliphatic rings. The molecule has 2 N–H and O–H groups in total. The second kappa shape index (κ2) is 4.47. The van der Waals surface area contributed by atoms with Gasteiger partial charge in [0.25, 0.3) is 5.92 Å². The molecule has 0 spiro atoms. The first kappa shape index (κ1) is 13.1. The largest absolute Gasteiger partial charge is 0.330 e. The van der Waals surface area contributed by atoms with E-state index in [0.717, 1.165) is 18.4 Å². The third-order valence-corrected chi connectivity index (χ3v) is 3.29. The minimum Gasteiger partial charge on any atom is -0.330 e. The first-order chi connectivity index (χ1) is 7.27. The minimum absolute atomic E-state index is 0.0276. The van der Waals surface area contributed by atoms with Crippen molar-refractivity contribution in [1.29, 1.82) is 0 Å². The third kappa shape index (κ3) is 2.99. The molecule has 0 atom stereocenters. The van der Waals surface area contributed by atoms with E-state index < -0.39 is 22.2 Å². The zero-order valence-electron chi connectivity index (χ0n) is 8.78. The Kier molecular flexibility index (Phi) is 3.64. The van der Waals surface area contributed by atoms with Crippen LogP contribution in [-0.4, -0.2) is 21.2 Å². The van der Waals surface area contributed by atoms with Gasteiger partial charge in [-0.25, -0.2) is 17.2 Å². The summed E-state index contributed by atoms with van der Waals surface area (Å²) in [6, 6.07) is 4.59. The van der Waals surface area contributed by atoms with E-state index in [-0.39, 0.29) is 17.0 Å². The Morgan fingerprint density at radius 2 is 1.75 bits per heavy atom. The number of alkyl halides is 2. The summed E-state index contributed by atoms with van der Waals surface area (Å²) in [5, 5.41) is 0. The van der Waals surface area contributed by atoms with Crippen molar-refractivity contribution in [3.05, 3.63) is 29.8 Å². The molecule has 0 bridgehead atoms. The fraction of sp³-hybridized carbons (Fsp3) is 0.400. The molecule has 6 heteroatoms. The Hall–Kier alpha value is -1.01. The smallest absolute Gasteiger partial charge is 0.274 e. The summed E-state index contributed by atoms with van der Waals surface area (Å²) in [5.74, 6) is -3.01. The van der Waals surface area contributed by atoms with Gasteiger partial charge < -0.3 is 5.73 Å². The summed E-state index contributed by atoms with van der Waals surface area (Å²) in [7, 11) is -3.35. The lowest BCUT2D eigenvalue weighted by atomic mass is 10.1. The van der Waals surface area contributed by atoms with Crippen LogP contribution in [0, 0.1) is 0 Å². The lowest BCUT2D eigenvalue weighted by molar-refractivity contribution is -0.0107. The van der Waals surface area contributed by atoms with Crippen molar-refractivity contribution in [3.8, 4) is 0 Å². The normalized spacial score (nSPS) is 12.8. The molecule has 1 aromatic rings. The van der Waals surface area contributed by atoms with E-state index in [0.29, 0.717) is 0 Å². The van der Waals surface area contributed by atoms with Crippen LogP contribution in [0.1, 0.15) is 12.0 Å². The molecule has 0 heterocycles.